The van der Waals surface area contributed by atoms with Crippen molar-refractivity contribution in [2.24, 2.45) is 5.73 Å². The van der Waals surface area contributed by atoms with Crippen LogP contribution in [0.5, 0.6) is 0 Å². The Morgan fingerprint density at radius 1 is 1.22 bits per heavy atom. The number of rotatable bonds is 6. The molecule has 0 saturated carbocycles. The molecule has 102 valence electrons. The minimum absolute atomic E-state index is 0.140. The van der Waals surface area contributed by atoms with E-state index in [1.54, 1.807) is 0 Å². The summed E-state index contributed by atoms with van der Waals surface area (Å²) >= 11 is 0. The largest absolute Gasteiger partial charge is 0.326 e. The standard InChI is InChI=1S/C16H28N2/c1-6-10-18(12(2)3)16(14(5)17)15-9-7-8-13(4)11-15/h7-9,11-12,14,16H,6,10,17H2,1-5H3. The maximum Gasteiger partial charge on any atom is 0.0499 e. The topological polar surface area (TPSA) is 29.3 Å². The predicted molar refractivity (Wildman–Crippen MR) is 79.7 cm³/mol. The summed E-state index contributed by atoms with van der Waals surface area (Å²) in [6.07, 6.45) is 1.16. The van der Waals surface area contributed by atoms with Crippen molar-refractivity contribution in [2.45, 2.75) is 59.2 Å². The van der Waals surface area contributed by atoms with E-state index in [0.29, 0.717) is 12.1 Å². The Bertz CT molecular complexity index is 358. The maximum absolute atomic E-state index is 6.25. The Hall–Kier alpha value is -0.860. The van der Waals surface area contributed by atoms with Gasteiger partial charge in [0.05, 0.1) is 0 Å². The molecule has 0 saturated heterocycles. The number of hydrogen-bond donors (Lipinski definition) is 1. The van der Waals surface area contributed by atoms with E-state index in [9.17, 15) is 0 Å². The van der Waals surface area contributed by atoms with Gasteiger partial charge in [0, 0.05) is 18.1 Å². The number of hydrogen-bond acceptors (Lipinski definition) is 2. The lowest BCUT2D eigenvalue weighted by molar-refractivity contribution is 0.136. The zero-order chi connectivity index (χ0) is 13.7. The Kier molecular flexibility index (Phi) is 5.83. The summed E-state index contributed by atoms with van der Waals surface area (Å²) in [5, 5.41) is 0. The van der Waals surface area contributed by atoms with Gasteiger partial charge in [-0.05, 0) is 46.2 Å². The summed E-state index contributed by atoms with van der Waals surface area (Å²) in [5.41, 5.74) is 8.89. The van der Waals surface area contributed by atoms with Gasteiger partial charge in [-0.25, -0.2) is 0 Å². The van der Waals surface area contributed by atoms with Crippen molar-refractivity contribution in [3.05, 3.63) is 35.4 Å². The van der Waals surface area contributed by atoms with E-state index in [2.05, 4.69) is 63.8 Å². The van der Waals surface area contributed by atoms with E-state index in [-0.39, 0.29) is 6.04 Å². The van der Waals surface area contributed by atoms with E-state index < -0.39 is 0 Å². The highest BCUT2D eigenvalue weighted by Crippen LogP contribution is 2.26. The van der Waals surface area contributed by atoms with Crippen LogP contribution in [0.2, 0.25) is 0 Å². The fraction of sp³-hybridized carbons (Fsp3) is 0.625. The quantitative estimate of drug-likeness (QED) is 0.835. The maximum atomic E-state index is 6.25. The number of nitrogens with two attached hydrogens (primary N) is 1. The van der Waals surface area contributed by atoms with Crippen molar-refractivity contribution in [2.75, 3.05) is 6.54 Å². The first-order valence-corrected chi connectivity index (χ1v) is 7.05. The SMILES string of the molecule is CCCN(C(C)C)C(c1cccc(C)c1)C(C)N. The van der Waals surface area contributed by atoms with Gasteiger partial charge >= 0.3 is 0 Å². The van der Waals surface area contributed by atoms with Gasteiger partial charge in [-0.1, -0.05) is 36.8 Å². The molecule has 2 unspecified atom stereocenters. The lowest BCUT2D eigenvalue weighted by Crippen LogP contribution is -2.43. The van der Waals surface area contributed by atoms with Crippen LogP contribution in [-0.2, 0) is 0 Å². The second-order valence-corrected chi connectivity index (χ2v) is 5.55. The van der Waals surface area contributed by atoms with E-state index in [1.807, 2.05) is 0 Å². The van der Waals surface area contributed by atoms with Gasteiger partial charge in [-0.3, -0.25) is 4.90 Å². The summed E-state index contributed by atoms with van der Waals surface area (Å²) in [5.74, 6) is 0. The number of benzene rings is 1. The van der Waals surface area contributed by atoms with Crippen LogP contribution in [0.3, 0.4) is 0 Å². The molecule has 1 rings (SSSR count). The summed E-state index contributed by atoms with van der Waals surface area (Å²) in [6.45, 7) is 12.1. The highest BCUT2D eigenvalue weighted by molar-refractivity contribution is 5.26. The van der Waals surface area contributed by atoms with Crippen LogP contribution >= 0.6 is 0 Å². The van der Waals surface area contributed by atoms with Crippen LogP contribution in [-0.4, -0.2) is 23.5 Å². The third-order valence-corrected chi connectivity index (χ3v) is 3.38. The van der Waals surface area contributed by atoms with Crippen molar-refractivity contribution >= 4 is 0 Å². The zero-order valence-corrected chi connectivity index (χ0v) is 12.5. The number of aryl methyl sites for hydroxylation is 1. The molecule has 1 aromatic rings. The zero-order valence-electron chi connectivity index (χ0n) is 12.5. The molecule has 0 fully saturated rings. The molecule has 0 spiro atoms. The summed E-state index contributed by atoms with van der Waals surface area (Å²) in [7, 11) is 0. The van der Waals surface area contributed by atoms with Gasteiger partial charge in [0.15, 0.2) is 0 Å². The van der Waals surface area contributed by atoms with Crippen LogP contribution < -0.4 is 5.73 Å². The summed E-state index contributed by atoms with van der Waals surface area (Å²) < 4.78 is 0. The first-order valence-electron chi connectivity index (χ1n) is 7.05. The van der Waals surface area contributed by atoms with E-state index >= 15 is 0 Å². The van der Waals surface area contributed by atoms with Crippen molar-refractivity contribution in [1.29, 1.82) is 0 Å². The molecule has 0 heterocycles. The average molecular weight is 248 g/mol. The molecule has 2 nitrogen and oxygen atoms in total. The Morgan fingerprint density at radius 3 is 2.33 bits per heavy atom. The third-order valence-electron chi connectivity index (χ3n) is 3.38. The Balaban J connectivity index is 3.07. The van der Waals surface area contributed by atoms with Gasteiger partial charge in [-0.2, -0.15) is 0 Å². The van der Waals surface area contributed by atoms with Crippen molar-refractivity contribution in [1.82, 2.24) is 4.90 Å². The van der Waals surface area contributed by atoms with E-state index in [0.717, 1.165) is 13.0 Å². The van der Waals surface area contributed by atoms with E-state index in [1.165, 1.54) is 11.1 Å². The lowest BCUT2D eigenvalue weighted by Gasteiger charge is -2.37. The molecular formula is C16H28N2. The van der Waals surface area contributed by atoms with Crippen LogP contribution in [0.25, 0.3) is 0 Å². The lowest BCUT2D eigenvalue weighted by atomic mass is 9.96. The molecule has 18 heavy (non-hydrogen) atoms. The molecular weight excluding hydrogens is 220 g/mol. The minimum Gasteiger partial charge on any atom is -0.326 e. The predicted octanol–water partition coefficient (Wildman–Crippen LogP) is 3.50. The monoisotopic (exact) mass is 248 g/mol. The molecule has 0 bridgehead atoms. The van der Waals surface area contributed by atoms with Gasteiger partial charge in [0.1, 0.15) is 0 Å². The average Bonchev–Trinajstić information content (AvgIpc) is 2.27. The third kappa shape index (κ3) is 3.82. The second kappa shape index (κ2) is 6.91. The molecule has 0 aromatic heterocycles. The molecule has 2 N–H and O–H groups in total. The Morgan fingerprint density at radius 2 is 1.89 bits per heavy atom. The van der Waals surface area contributed by atoms with E-state index in [4.69, 9.17) is 5.73 Å². The molecule has 1 aromatic carbocycles. The van der Waals surface area contributed by atoms with Gasteiger partial charge in [0.25, 0.3) is 0 Å². The highest BCUT2D eigenvalue weighted by Gasteiger charge is 2.25. The molecule has 0 aliphatic rings. The van der Waals surface area contributed by atoms with Crippen LogP contribution in [0.4, 0.5) is 0 Å². The van der Waals surface area contributed by atoms with Crippen molar-refractivity contribution < 1.29 is 0 Å². The van der Waals surface area contributed by atoms with Crippen molar-refractivity contribution in [3.63, 3.8) is 0 Å². The molecule has 2 atom stereocenters. The van der Waals surface area contributed by atoms with Crippen LogP contribution in [0, 0.1) is 6.92 Å². The van der Waals surface area contributed by atoms with Crippen molar-refractivity contribution in [3.8, 4) is 0 Å². The fourth-order valence-corrected chi connectivity index (χ4v) is 2.63. The molecule has 0 radical (unpaired) electrons. The first kappa shape index (κ1) is 15.2. The first-order chi connectivity index (χ1) is 8.47. The van der Waals surface area contributed by atoms with Crippen LogP contribution in [0.15, 0.2) is 24.3 Å². The van der Waals surface area contributed by atoms with Gasteiger partial charge < -0.3 is 5.73 Å². The number of nitrogens with zero attached hydrogens (tertiary/aromatic N) is 1. The summed E-state index contributed by atoms with van der Waals surface area (Å²) in [6, 6.07) is 9.70. The normalized spacial score (nSPS) is 15.1. The van der Waals surface area contributed by atoms with Crippen LogP contribution in [0.1, 0.15) is 51.3 Å². The van der Waals surface area contributed by atoms with Gasteiger partial charge in [-0.15, -0.1) is 0 Å². The molecule has 0 aliphatic heterocycles. The molecule has 0 aliphatic carbocycles. The minimum atomic E-state index is 0.140. The Labute approximate surface area is 112 Å². The highest BCUT2D eigenvalue weighted by atomic mass is 15.2. The summed E-state index contributed by atoms with van der Waals surface area (Å²) in [4.78, 5) is 2.51. The smallest absolute Gasteiger partial charge is 0.0499 e. The second-order valence-electron chi connectivity index (χ2n) is 5.55. The molecule has 2 heteroatoms. The van der Waals surface area contributed by atoms with Gasteiger partial charge in [0.2, 0.25) is 0 Å². The molecule has 0 amide bonds. The fourth-order valence-electron chi connectivity index (χ4n) is 2.63.